The van der Waals surface area contributed by atoms with Crippen LogP contribution in [-0.2, 0) is 0 Å². The molecule has 20 heavy (non-hydrogen) atoms. The Morgan fingerprint density at radius 1 is 1.25 bits per heavy atom. The fourth-order valence-electron chi connectivity index (χ4n) is 2.56. The highest BCUT2D eigenvalue weighted by molar-refractivity contribution is 5.95. The Kier molecular flexibility index (Phi) is 4.49. The topological polar surface area (TPSA) is 64.8 Å². The Morgan fingerprint density at radius 2 is 1.80 bits per heavy atom. The van der Waals surface area contributed by atoms with E-state index >= 15 is 0 Å². The van der Waals surface area contributed by atoms with E-state index in [1.165, 1.54) is 0 Å². The Labute approximate surface area is 119 Å². The van der Waals surface area contributed by atoms with E-state index in [1.807, 2.05) is 7.05 Å². The first-order chi connectivity index (χ1) is 9.53. The fraction of sp³-hybridized carbons (Fsp3) is 0.533. The Morgan fingerprint density at radius 3 is 2.25 bits per heavy atom. The molecule has 1 aromatic rings. The number of nitrogens with two attached hydrogens (primary N) is 1. The van der Waals surface area contributed by atoms with Gasteiger partial charge in [0.1, 0.15) is 11.5 Å². The summed E-state index contributed by atoms with van der Waals surface area (Å²) in [6.07, 6.45) is 2.00. The number of rotatable bonds is 5. The van der Waals surface area contributed by atoms with Gasteiger partial charge in [-0.25, -0.2) is 0 Å². The third kappa shape index (κ3) is 3.22. The molecule has 5 heteroatoms. The summed E-state index contributed by atoms with van der Waals surface area (Å²) >= 11 is 0. The number of hydrogen-bond donors (Lipinski definition) is 1. The number of nitrogens with zero attached hydrogens (tertiary/aromatic N) is 1. The van der Waals surface area contributed by atoms with E-state index in [0.717, 1.165) is 19.4 Å². The van der Waals surface area contributed by atoms with Gasteiger partial charge in [-0.2, -0.15) is 0 Å². The average molecular weight is 278 g/mol. The van der Waals surface area contributed by atoms with Crippen molar-refractivity contribution in [2.75, 3.05) is 27.8 Å². The molecule has 0 aliphatic heterocycles. The maximum atomic E-state index is 12.4. The first kappa shape index (κ1) is 14.7. The first-order valence-electron chi connectivity index (χ1n) is 6.77. The fourth-order valence-corrected chi connectivity index (χ4v) is 2.56. The van der Waals surface area contributed by atoms with Gasteiger partial charge in [-0.05, 0) is 30.9 Å². The molecule has 1 saturated carbocycles. The van der Waals surface area contributed by atoms with Crippen molar-refractivity contribution in [3.63, 3.8) is 0 Å². The maximum Gasteiger partial charge on any atom is 0.253 e. The second-order valence-corrected chi connectivity index (χ2v) is 5.38. The second kappa shape index (κ2) is 6.13. The van der Waals surface area contributed by atoms with Crippen molar-refractivity contribution in [3.8, 4) is 11.5 Å². The highest BCUT2D eigenvalue weighted by Crippen LogP contribution is 2.27. The molecular weight excluding hydrogens is 256 g/mol. The molecular formula is C15H22N2O3. The molecule has 0 saturated heterocycles. The molecule has 0 spiro atoms. The van der Waals surface area contributed by atoms with E-state index in [1.54, 1.807) is 37.3 Å². The van der Waals surface area contributed by atoms with Crippen LogP contribution in [0.25, 0.3) is 0 Å². The maximum absolute atomic E-state index is 12.4. The summed E-state index contributed by atoms with van der Waals surface area (Å²) in [4.78, 5) is 14.2. The van der Waals surface area contributed by atoms with Crippen LogP contribution in [0.1, 0.15) is 23.2 Å². The van der Waals surface area contributed by atoms with E-state index in [2.05, 4.69) is 0 Å². The van der Waals surface area contributed by atoms with Crippen LogP contribution < -0.4 is 15.2 Å². The zero-order valence-corrected chi connectivity index (χ0v) is 12.3. The van der Waals surface area contributed by atoms with Gasteiger partial charge in [-0.3, -0.25) is 4.79 Å². The Bertz CT molecular complexity index is 462. The lowest BCUT2D eigenvalue weighted by Gasteiger charge is -2.35. The minimum absolute atomic E-state index is 0.0253. The van der Waals surface area contributed by atoms with Gasteiger partial charge in [0, 0.05) is 31.3 Å². The van der Waals surface area contributed by atoms with Crippen molar-refractivity contribution in [3.05, 3.63) is 23.8 Å². The summed E-state index contributed by atoms with van der Waals surface area (Å²) in [5.41, 5.74) is 6.35. The van der Waals surface area contributed by atoms with E-state index < -0.39 is 0 Å². The molecule has 110 valence electrons. The standard InChI is InChI=1S/C15H22N2O3/c1-17(9-10-4-12(16)5-10)15(18)11-6-13(19-2)8-14(7-11)20-3/h6-8,10,12H,4-5,9,16H2,1-3H3. The summed E-state index contributed by atoms with van der Waals surface area (Å²) in [6.45, 7) is 0.742. The van der Waals surface area contributed by atoms with Crippen LogP contribution in [0.4, 0.5) is 0 Å². The summed E-state index contributed by atoms with van der Waals surface area (Å²) in [6, 6.07) is 5.52. The molecule has 1 aromatic carbocycles. The van der Waals surface area contributed by atoms with Gasteiger partial charge < -0.3 is 20.1 Å². The molecule has 2 rings (SSSR count). The summed E-state index contributed by atoms with van der Waals surface area (Å²) in [5, 5.41) is 0. The minimum Gasteiger partial charge on any atom is -0.497 e. The van der Waals surface area contributed by atoms with Gasteiger partial charge in [-0.15, -0.1) is 0 Å². The third-order valence-electron chi connectivity index (χ3n) is 3.75. The summed E-state index contributed by atoms with van der Waals surface area (Å²) in [5.74, 6) is 1.73. The van der Waals surface area contributed by atoms with Crippen LogP contribution in [0, 0.1) is 5.92 Å². The van der Waals surface area contributed by atoms with Crippen molar-refractivity contribution in [2.45, 2.75) is 18.9 Å². The molecule has 1 aliphatic rings. The number of carbonyl (C=O) groups excluding carboxylic acids is 1. The Hall–Kier alpha value is -1.75. The Balaban J connectivity index is 2.07. The lowest BCUT2D eigenvalue weighted by atomic mass is 9.80. The number of benzene rings is 1. The average Bonchev–Trinajstić information content (AvgIpc) is 2.43. The van der Waals surface area contributed by atoms with Crippen molar-refractivity contribution in [2.24, 2.45) is 11.7 Å². The van der Waals surface area contributed by atoms with Crippen LogP contribution in [-0.4, -0.2) is 44.7 Å². The highest BCUT2D eigenvalue weighted by Gasteiger charge is 2.28. The normalized spacial score (nSPS) is 21.0. The van der Waals surface area contributed by atoms with Gasteiger partial charge in [0.2, 0.25) is 0 Å². The first-order valence-corrected chi connectivity index (χ1v) is 6.77. The van der Waals surface area contributed by atoms with Gasteiger partial charge in [0.25, 0.3) is 5.91 Å². The quantitative estimate of drug-likeness (QED) is 0.886. The van der Waals surface area contributed by atoms with Crippen molar-refractivity contribution in [1.29, 1.82) is 0 Å². The number of amides is 1. The molecule has 0 atom stereocenters. The number of hydrogen-bond acceptors (Lipinski definition) is 4. The SMILES string of the molecule is COc1cc(OC)cc(C(=O)N(C)CC2CC(N)C2)c1. The number of carbonyl (C=O) groups is 1. The highest BCUT2D eigenvalue weighted by atomic mass is 16.5. The van der Waals surface area contributed by atoms with E-state index in [0.29, 0.717) is 29.0 Å². The van der Waals surface area contributed by atoms with Gasteiger partial charge in [0.15, 0.2) is 0 Å². The molecule has 0 heterocycles. The van der Waals surface area contributed by atoms with Crippen molar-refractivity contribution in [1.82, 2.24) is 4.90 Å². The number of ether oxygens (including phenoxy) is 2. The summed E-state index contributed by atoms with van der Waals surface area (Å²) < 4.78 is 10.4. The van der Waals surface area contributed by atoms with Crippen LogP contribution in [0.2, 0.25) is 0 Å². The predicted octanol–water partition coefficient (Wildman–Crippen LogP) is 1.51. The van der Waals surface area contributed by atoms with E-state index in [-0.39, 0.29) is 5.91 Å². The number of methoxy groups -OCH3 is 2. The molecule has 0 unspecified atom stereocenters. The monoisotopic (exact) mass is 278 g/mol. The van der Waals surface area contributed by atoms with Gasteiger partial charge >= 0.3 is 0 Å². The lowest BCUT2D eigenvalue weighted by Crippen LogP contribution is -2.43. The minimum atomic E-state index is -0.0253. The predicted molar refractivity (Wildman–Crippen MR) is 77.2 cm³/mol. The van der Waals surface area contributed by atoms with Crippen LogP contribution in [0.3, 0.4) is 0 Å². The molecule has 0 bridgehead atoms. The van der Waals surface area contributed by atoms with Crippen LogP contribution in [0.15, 0.2) is 18.2 Å². The molecule has 0 aromatic heterocycles. The smallest absolute Gasteiger partial charge is 0.253 e. The van der Waals surface area contributed by atoms with Crippen molar-refractivity contribution < 1.29 is 14.3 Å². The zero-order valence-electron chi connectivity index (χ0n) is 12.3. The van der Waals surface area contributed by atoms with Gasteiger partial charge in [-0.1, -0.05) is 0 Å². The van der Waals surface area contributed by atoms with E-state index in [9.17, 15) is 4.79 Å². The largest absolute Gasteiger partial charge is 0.497 e. The summed E-state index contributed by atoms with van der Waals surface area (Å²) in [7, 11) is 4.96. The van der Waals surface area contributed by atoms with Crippen LogP contribution >= 0.6 is 0 Å². The molecule has 1 aliphatic carbocycles. The zero-order chi connectivity index (χ0) is 14.7. The van der Waals surface area contributed by atoms with Crippen molar-refractivity contribution >= 4 is 5.91 Å². The molecule has 1 fully saturated rings. The third-order valence-corrected chi connectivity index (χ3v) is 3.75. The van der Waals surface area contributed by atoms with Crippen LogP contribution in [0.5, 0.6) is 11.5 Å². The molecule has 0 radical (unpaired) electrons. The lowest BCUT2D eigenvalue weighted by molar-refractivity contribution is 0.0733. The second-order valence-electron chi connectivity index (χ2n) is 5.38. The van der Waals surface area contributed by atoms with Gasteiger partial charge in [0.05, 0.1) is 14.2 Å². The molecule has 1 amide bonds. The molecule has 2 N–H and O–H groups in total. The molecule has 5 nitrogen and oxygen atoms in total. The van der Waals surface area contributed by atoms with E-state index in [4.69, 9.17) is 15.2 Å².